The molecule has 1 saturated heterocycles. The van der Waals surface area contributed by atoms with Crippen molar-refractivity contribution in [1.29, 1.82) is 0 Å². The molecule has 0 aromatic carbocycles. The van der Waals surface area contributed by atoms with Gasteiger partial charge in [0, 0.05) is 13.6 Å². The molecule has 1 rings (SSSR count). The molecular formula is C9H19N3S. The number of rotatable bonds is 2. The highest BCUT2D eigenvalue weighted by molar-refractivity contribution is 7.80. The van der Waals surface area contributed by atoms with Crippen molar-refractivity contribution in [3.8, 4) is 0 Å². The molecule has 0 spiro atoms. The molecule has 0 atom stereocenters. The molecule has 76 valence electrons. The number of nitrogens with one attached hydrogen (secondary N) is 2. The minimum absolute atomic E-state index is 0.763. The van der Waals surface area contributed by atoms with Gasteiger partial charge >= 0.3 is 0 Å². The Morgan fingerprint density at radius 1 is 1.46 bits per heavy atom. The third-order valence-electron chi connectivity index (χ3n) is 2.62. The second-order valence-corrected chi connectivity index (χ2v) is 4.11. The lowest BCUT2D eigenvalue weighted by molar-refractivity contribution is 0.220. The molecule has 3 nitrogen and oxygen atoms in total. The van der Waals surface area contributed by atoms with E-state index in [0.717, 1.165) is 17.6 Å². The molecule has 0 bridgehead atoms. The third kappa shape index (κ3) is 3.91. The maximum absolute atomic E-state index is 5.01. The van der Waals surface area contributed by atoms with E-state index in [2.05, 4.69) is 22.6 Å². The maximum Gasteiger partial charge on any atom is 0.166 e. The summed E-state index contributed by atoms with van der Waals surface area (Å²) >= 11 is 5.01. The highest BCUT2D eigenvalue weighted by atomic mass is 32.1. The molecule has 0 unspecified atom stereocenters. The zero-order valence-corrected chi connectivity index (χ0v) is 9.28. The molecule has 1 fully saturated rings. The van der Waals surface area contributed by atoms with Crippen LogP contribution >= 0.6 is 12.2 Å². The van der Waals surface area contributed by atoms with Gasteiger partial charge in [-0.2, -0.15) is 0 Å². The summed E-state index contributed by atoms with van der Waals surface area (Å²) in [7, 11) is 4.03. The Balaban J connectivity index is 2.12. The molecule has 1 heterocycles. The molecule has 0 amide bonds. The predicted molar refractivity (Wildman–Crippen MR) is 59.9 cm³/mol. The zero-order chi connectivity index (χ0) is 9.68. The Morgan fingerprint density at radius 3 is 2.62 bits per heavy atom. The second kappa shape index (κ2) is 5.40. The van der Waals surface area contributed by atoms with Gasteiger partial charge in [-0.05, 0) is 51.1 Å². The molecule has 4 heteroatoms. The van der Waals surface area contributed by atoms with Gasteiger partial charge in [-0.25, -0.2) is 0 Å². The van der Waals surface area contributed by atoms with Crippen molar-refractivity contribution in [3.05, 3.63) is 0 Å². The summed E-state index contributed by atoms with van der Waals surface area (Å²) < 4.78 is 0. The van der Waals surface area contributed by atoms with Crippen molar-refractivity contribution in [3.63, 3.8) is 0 Å². The first-order valence-corrected chi connectivity index (χ1v) is 5.27. The van der Waals surface area contributed by atoms with Crippen molar-refractivity contribution in [2.24, 2.45) is 5.92 Å². The summed E-state index contributed by atoms with van der Waals surface area (Å²) in [5.74, 6) is 0.794. The summed E-state index contributed by atoms with van der Waals surface area (Å²) in [6.45, 7) is 3.46. The average Bonchev–Trinajstić information content (AvgIpc) is 2.16. The quantitative estimate of drug-likeness (QED) is 0.633. The van der Waals surface area contributed by atoms with E-state index in [1.807, 2.05) is 7.05 Å². The highest BCUT2D eigenvalue weighted by Crippen LogP contribution is 2.14. The molecular weight excluding hydrogens is 182 g/mol. The number of nitrogens with zero attached hydrogens (tertiary/aromatic N) is 1. The topological polar surface area (TPSA) is 27.3 Å². The van der Waals surface area contributed by atoms with Crippen LogP contribution in [0.3, 0.4) is 0 Å². The van der Waals surface area contributed by atoms with Crippen molar-refractivity contribution in [1.82, 2.24) is 15.5 Å². The van der Waals surface area contributed by atoms with Crippen LogP contribution < -0.4 is 10.6 Å². The van der Waals surface area contributed by atoms with Gasteiger partial charge in [-0.1, -0.05) is 0 Å². The fraction of sp³-hybridized carbons (Fsp3) is 0.889. The lowest BCUT2D eigenvalue weighted by atomic mass is 9.97. The van der Waals surface area contributed by atoms with Crippen molar-refractivity contribution < 1.29 is 0 Å². The lowest BCUT2D eigenvalue weighted by Gasteiger charge is -2.29. The van der Waals surface area contributed by atoms with Gasteiger partial charge in [0.05, 0.1) is 0 Å². The van der Waals surface area contributed by atoms with Gasteiger partial charge in [-0.15, -0.1) is 0 Å². The van der Waals surface area contributed by atoms with Crippen molar-refractivity contribution in [2.45, 2.75) is 12.8 Å². The summed E-state index contributed by atoms with van der Waals surface area (Å²) in [6, 6.07) is 0. The standard InChI is InChI=1S/C9H19N3S/c1-10-9(13)11-7-8-3-5-12(2)6-4-8/h8H,3-7H2,1-2H3,(H2,10,11,13). The Kier molecular flexibility index (Phi) is 4.45. The number of thiocarbonyl (C=S) groups is 1. The van der Waals surface area contributed by atoms with Crippen LogP contribution in [-0.2, 0) is 0 Å². The van der Waals surface area contributed by atoms with Gasteiger partial charge in [0.25, 0.3) is 0 Å². The summed E-state index contributed by atoms with van der Waals surface area (Å²) in [5, 5.41) is 6.90. The van der Waals surface area contributed by atoms with Crippen LogP contribution in [0.15, 0.2) is 0 Å². The lowest BCUT2D eigenvalue weighted by Crippen LogP contribution is -2.39. The fourth-order valence-corrected chi connectivity index (χ4v) is 1.67. The first-order chi connectivity index (χ1) is 6.22. The van der Waals surface area contributed by atoms with E-state index in [-0.39, 0.29) is 0 Å². The van der Waals surface area contributed by atoms with Crippen molar-refractivity contribution in [2.75, 3.05) is 33.7 Å². The van der Waals surface area contributed by atoms with Crippen LogP contribution in [-0.4, -0.2) is 43.7 Å². The van der Waals surface area contributed by atoms with Gasteiger partial charge in [0.15, 0.2) is 5.11 Å². The SMILES string of the molecule is CNC(=S)NCC1CCN(C)CC1. The molecule has 1 aliphatic heterocycles. The van der Waals surface area contributed by atoms with Crippen LogP contribution in [0.4, 0.5) is 0 Å². The van der Waals surface area contributed by atoms with Gasteiger partial charge in [-0.3, -0.25) is 0 Å². The van der Waals surface area contributed by atoms with Crippen LogP contribution in [0.5, 0.6) is 0 Å². The first kappa shape index (κ1) is 10.7. The summed E-state index contributed by atoms with van der Waals surface area (Å²) in [6.07, 6.45) is 2.58. The average molecular weight is 201 g/mol. The smallest absolute Gasteiger partial charge is 0.166 e. The minimum Gasteiger partial charge on any atom is -0.366 e. The molecule has 1 aliphatic rings. The Hall–Kier alpha value is -0.350. The van der Waals surface area contributed by atoms with Crippen LogP contribution in [0, 0.1) is 5.92 Å². The summed E-state index contributed by atoms with van der Waals surface area (Å²) in [4.78, 5) is 2.38. The zero-order valence-electron chi connectivity index (χ0n) is 8.47. The number of piperidine rings is 1. The van der Waals surface area contributed by atoms with E-state index >= 15 is 0 Å². The Morgan fingerprint density at radius 2 is 2.08 bits per heavy atom. The first-order valence-electron chi connectivity index (χ1n) is 4.86. The third-order valence-corrected chi connectivity index (χ3v) is 2.96. The van der Waals surface area contributed by atoms with Gasteiger partial charge in [0.2, 0.25) is 0 Å². The second-order valence-electron chi connectivity index (χ2n) is 3.71. The Labute approximate surface area is 85.9 Å². The van der Waals surface area contributed by atoms with E-state index in [4.69, 9.17) is 12.2 Å². The van der Waals surface area contributed by atoms with E-state index in [1.54, 1.807) is 0 Å². The largest absolute Gasteiger partial charge is 0.366 e. The monoisotopic (exact) mass is 201 g/mol. The fourth-order valence-electron chi connectivity index (χ4n) is 1.59. The van der Waals surface area contributed by atoms with Crippen LogP contribution in [0.2, 0.25) is 0 Å². The number of hydrogen-bond donors (Lipinski definition) is 2. The van der Waals surface area contributed by atoms with Crippen molar-refractivity contribution >= 4 is 17.3 Å². The van der Waals surface area contributed by atoms with Crippen LogP contribution in [0.1, 0.15) is 12.8 Å². The molecule has 0 aromatic rings. The van der Waals surface area contributed by atoms with E-state index in [9.17, 15) is 0 Å². The molecule has 2 N–H and O–H groups in total. The normalized spacial score (nSPS) is 19.8. The molecule has 0 radical (unpaired) electrons. The molecule has 0 aromatic heterocycles. The Bertz CT molecular complexity index is 164. The predicted octanol–water partition coefficient (Wildman–Crippen LogP) is 0.422. The molecule has 0 aliphatic carbocycles. The minimum atomic E-state index is 0.763. The van der Waals surface area contributed by atoms with E-state index in [1.165, 1.54) is 25.9 Å². The number of hydrogen-bond acceptors (Lipinski definition) is 2. The van der Waals surface area contributed by atoms with Gasteiger partial charge < -0.3 is 15.5 Å². The van der Waals surface area contributed by atoms with Gasteiger partial charge in [0.1, 0.15) is 0 Å². The van der Waals surface area contributed by atoms with E-state index < -0.39 is 0 Å². The van der Waals surface area contributed by atoms with E-state index in [0.29, 0.717) is 0 Å². The van der Waals surface area contributed by atoms with Crippen LogP contribution in [0.25, 0.3) is 0 Å². The maximum atomic E-state index is 5.01. The number of likely N-dealkylation sites (tertiary alicyclic amines) is 1. The summed E-state index contributed by atoms with van der Waals surface area (Å²) in [5.41, 5.74) is 0. The highest BCUT2D eigenvalue weighted by Gasteiger charge is 2.16. The molecule has 0 saturated carbocycles. The molecule has 13 heavy (non-hydrogen) atoms.